The third-order valence-electron chi connectivity index (χ3n) is 7.02. The van der Waals surface area contributed by atoms with E-state index < -0.39 is 11.7 Å². The summed E-state index contributed by atoms with van der Waals surface area (Å²) < 4.78 is 37.9. The Labute approximate surface area is 260 Å². The average Bonchev–Trinajstić information content (AvgIpc) is 3.36. The lowest BCUT2D eigenvalue weighted by Crippen LogP contribution is -2.32. The molecule has 1 aliphatic rings. The van der Waals surface area contributed by atoms with Crippen molar-refractivity contribution in [1.82, 2.24) is 20.2 Å². The average molecular weight is 607 g/mol. The van der Waals surface area contributed by atoms with E-state index in [4.69, 9.17) is 0 Å². The molecule has 8 heteroatoms. The Morgan fingerprint density at radius 2 is 1.73 bits per heavy atom. The van der Waals surface area contributed by atoms with E-state index in [0.29, 0.717) is 11.4 Å². The Morgan fingerprint density at radius 3 is 2.25 bits per heavy atom. The zero-order valence-corrected chi connectivity index (χ0v) is 26.7. The van der Waals surface area contributed by atoms with Crippen LogP contribution in [0.3, 0.4) is 0 Å². The quantitative estimate of drug-likeness (QED) is 0.219. The monoisotopic (exact) mass is 606 g/mol. The van der Waals surface area contributed by atoms with Crippen molar-refractivity contribution in [1.29, 1.82) is 0 Å². The first kappa shape index (κ1) is 36.1. The van der Waals surface area contributed by atoms with E-state index in [-0.39, 0.29) is 5.91 Å². The predicted molar refractivity (Wildman–Crippen MR) is 173 cm³/mol. The second-order valence-corrected chi connectivity index (χ2v) is 10.8. The molecule has 0 unspecified atom stereocenters. The second kappa shape index (κ2) is 18.5. The Hall–Kier alpha value is -4.09. The molecule has 0 atom stereocenters. The molecule has 0 aliphatic carbocycles. The third kappa shape index (κ3) is 13.5. The number of nitrogens with zero attached hydrogens (tertiary/aromatic N) is 2. The van der Waals surface area contributed by atoms with Crippen molar-refractivity contribution in [3.8, 4) is 23.2 Å². The smallest absolute Gasteiger partial charge is 0.342 e. The summed E-state index contributed by atoms with van der Waals surface area (Å²) in [7, 11) is 0. The minimum absolute atomic E-state index is 0.0567. The Bertz CT molecular complexity index is 1400. The number of carbonyl (C=O) groups excluding carboxylic acids is 1. The van der Waals surface area contributed by atoms with Gasteiger partial charge in [0.1, 0.15) is 5.82 Å². The number of aromatic amines is 1. The molecule has 1 amide bonds. The molecule has 0 spiro atoms. The standard InChI is InChI=1S/C18H22F3N3.C10H13NO.C8H10/c1-12-7-9-24(10-8-12)11-16-13(2)22-17(23-16)14-3-5-15(6-4-14)18(19,20)21;1-4-5-6-7-8-9(2)11-10(3)12;1-2-8-6-4-3-5-7-8/h3-6,12H,7-11H2,1-2H3,(H,22,23);6-8H,1-3H3,(H,11,12);3-7H,2H2,1H3/b;7-6-,9-8+;. The van der Waals surface area contributed by atoms with Crippen molar-refractivity contribution >= 4 is 5.91 Å². The van der Waals surface area contributed by atoms with Crippen LogP contribution in [0, 0.1) is 24.7 Å². The lowest BCUT2D eigenvalue weighted by atomic mass is 9.99. The first-order valence-electron chi connectivity index (χ1n) is 15.0. The van der Waals surface area contributed by atoms with Crippen molar-refractivity contribution in [3.05, 3.63) is 101 Å². The molecule has 0 bridgehead atoms. The minimum atomic E-state index is -4.31. The summed E-state index contributed by atoms with van der Waals surface area (Å²) in [5, 5.41) is 2.64. The molecule has 2 aromatic carbocycles. The summed E-state index contributed by atoms with van der Waals surface area (Å²) in [5.41, 5.74) is 4.20. The number of halogens is 3. The van der Waals surface area contributed by atoms with Gasteiger partial charge in [0, 0.05) is 30.4 Å². The van der Waals surface area contributed by atoms with Crippen LogP contribution < -0.4 is 5.32 Å². The second-order valence-electron chi connectivity index (χ2n) is 10.8. The molecule has 236 valence electrons. The first-order chi connectivity index (χ1) is 20.9. The molecule has 5 nitrogen and oxygen atoms in total. The zero-order valence-electron chi connectivity index (χ0n) is 26.7. The van der Waals surface area contributed by atoms with Crippen molar-refractivity contribution in [3.63, 3.8) is 0 Å². The number of aryl methyl sites for hydroxylation is 2. The first-order valence-corrected chi connectivity index (χ1v) is 15.0. The maximum absolute atomic E-state index is 12.6. The SMILES string of the molecule is CC#C/C=C\C=C(/C)NC(C)=O.CCc1ccccc1.Cc1[nH]c(-c2ccc(C(F)(F)F)cc2)nc1CN1CCC(C)CC1. The molecule has 0 saturated carbocycles. The predicted octanol–water partition coefficient (Wildman–Crippen LogP) is 8.49. The molecule has 2 N–H and O–H groups in total. The van der Waals surface area contributed by atoms with Gasteiger partial charge in [0.15, 0.2) is 0 Å². The van der Waals surface area contributed by atoms with Crippen molar-refractivity contribution in [2.24, 2.45) is 5.92 Å². The fourth-order valence-electron chi connectivity index (χ4n) is 4.39. The van der Waals surface area contributed by atoms with Gasteiger partial charge in [-0.05, 0) is 88.9 Å². The fraction of sp³-hybridized carbons (Fsp3) is 0.389. The molecule has 1 aromatic heterocycles. The van der Waals surface area contributed by atoms with Crippen LogP contribution in [0.4, 0.5) is 13.2 Å². The number of alkyl halides is 3. The summed E-state index contributed by atoms with van der Waals surface area (Å²) >= 11 is 0. The molecule has 1 fully saturated rings. The highest BCUT2D eigenvalue weighted by atomic mass is 19.4. The van der Waals surface area contributed by atoms with Gasteiger partial charge in [0.05, 0.1) is 11.3 Å². The number of likely N-dealkylation sites (tertiary alicyclic amines) is 1. The molecule has 2 heterocycles. The van der Waals surface area contributed by atoms with Crippen molar-refractivity contribution in [2.45, 2.75) is 73.5 Å². The molecule has 44 heavy (non-hydrogen) atoms. The van der Waals surface area contributed by atoms with Gasteiger partial charge in [-0.3, -0.25) is 9.69 Å². The van der Waals surface area contributed by atoms with Gasteiger partial charge in [-0.1, -0.05) is 68.3 Å². The number of hydrogen-bond donors (Lipinski definition) is 2. The number of allylic oxidation sites excluding steroid dienone is 4. The van der Waals surface area contributed by atoms with Crippen LogP contribution in [-0.2, 0) is 23.9 Å². The summed E-state index contributed by atoms with van der Waals surface area (Å²) in [4.78, 5) is 20.7. The van der Waals surface area contributed by atoms with Crippen molar-refractivity contribution < 1.29 is 18.0 Å². The highest BCUT2D eigenvalue weighted by molar-refractivity contribution is 5.74. The molecule has 3 aromatic rings. The summed E-state index contributed by atoms with van der Waals surface area (Å²) in [6.07, 6.45) is 4.55. The Balaban J connectivity index is 0.000000280. The number of H-pyrrole nitrogens is 1. The maximum Gasteiger partial charge on any atom is 0.416 e. The lowest BCUT2D eigenvalue weighted by Gasteiger charge is -2.29. The van der Waals surface area contributed by atoms with Gasteiger partial charge < -0.3 is 10.3 Å². The third-order valence-corrected chi connectivity index (χ3v) is 7.02. The molecule has 1 aliphatic heterocycles. The Morgan fingerprint density at radius 1 is 1.09 bits per heavy atom. The zero-order chi connectivity index (χ0) is 32.5. The molecule has 0 radical (unpaired) electrons. The van der Waals surface area contributed by atoms with E-state index in [9.17, 15) is 18.0 Å². The van der Waals surface area contributed by atoms with Gasteiger partial charge in [-0.15, -0.1) is 5.92 Å². The number of rotatable bonds is 6. The topological polar surface area (TPSA) is 61.0 Å². The summed E-state index contributed by atoms with van der Waals surface area (Å²) in [5.74, 6) is 6.85. The number of imidazole rings is 1. The van der Waals surface area contributed by atoms with Crippen LogP contribution in [0.25, 0.3) is 11.4 Å². The number of piperidine rings is 1. The number of carbonyl (C=O) groups is 1. The fourth-order valence-corrected chi connectivity index (χ4v) is 4.39. The van der Waals surface area contributed by atoms with Gasteiger partial charge in [0.2, 0.25) is 5.91 Å². The number of hydrogen-bond acceptors (Lipinski definition) is 3. The van der Waals surface area contributed by atoms with Crippen LogP contribution in [0.2, 0.25) is 0 Å². The van der Waals surface area contributed by atoms with Gasteiger partial charge in [-0.25, -0.2) is 4.98 Å². The van der Waals surface area contributed by atoms with E-state index >= 15 is 0 Å². The van der Waals surface area contributed by atoms with Crippen LogP contribution in [0.5, 0.6) is 0 Å². The van der Waals surface area contributed by atoms with E-state index in [2.05, 4.69) is 70.1 Å². The summed E-state index contributed by atoms with van der Waals surface area (Å²) in [6, 6.07) is 15.6. The van der Waals surface area contributed by atoms with Crippen molar-refractivity contribution in [2.75, 3.05) is 13.1 Å². The van der Waals surface area contributed by atoms with Gasteiger partial charge in [-0.2, -0.15) is 13.2 Å². The van der Waals surface area contributed by atoms with E-state index in [0.717, 1.165) is 61.2 Å². The van der Waals surface area contributed by atoms with Gasteiger partial charge >= 0.3 is 6.18 Å². The molecular formula is C36H45F3N4O. The highest BCUT2D eigenvalue weighted by Crippen LogP contribution is 2.30. The van der Waals surface area contributed by atoms with Crippen LogP contribution in [0.1, 0.15) is 70.0 Å². The molecule has 1 saturated heterocycles. The molecular weight excluding hydrogens is 561 g/mol. The Kier molecular flexibility index (Phi) is 15.2. The van der Waals surface area contributed by atoms with E-state index in [1.165, 1.54) is 37.5 Å². The van der Waals surface area contributed by atoms with E-state index in [1.54, 1.807) is 25.2 Å². The largest absolute Gasteiger partial charge is 0.416 e. The number of amides is 1. The minimum Gasteiger partial charge on any atom is -0.342 e. The van der Waals surface area contributed by atoms with Crippen LogP contribution in [-0.4, -0.2) is 33.9 Å². The number of benzene rings is 2. The van der Waals surface area contributed by atoms with Crippen LogP contribution >= 0.6 is 0 Å². The van der Waals surface area contributed by atoms with Crippen LogP contribution in [0.15, 0.2) is 78.5 Å². The lowest BCUT2D eigenvalue weighted by molar-refractivity contribution is -0.137. The number of aromatic nitrogens is 2. The van der Waals surface area contributed by atoms with E-state index in [1.807, 2.05) is 19.9 Å². The maximum atomic E-state index is 12.6. The highest BCUT2D eigenvalue weighted by Gasteiger charge is 2.30. The normalized spacial score (nSPS) is 14.1. The number of nitrogens with one attached hydrogen (secondary N) is 2. The summed E-state index contributed by atoms with van der Waals surface area (Å²) in [6.45, 7) is 14.4. The van der Waals surface area contributed by atoms with Gasteiger partial charge in [0.25, 0.3) is 0 Å². The molecule has 4 rings (SSSR count).